The van der Waals surface area contributed by atoms with E-state index in [2.05, 4.69) is 16.4 Å². The molecule has 0 amide bonds. The van der Waals surface area contributed by atoms with Crippen LogP contribution in [0.1, 0.15) is 24.4 Å². The first-order valence-corrected chi connectivity index (χ1v) is 10.2. The molecule has 1 fully saturated rings. The maximum Gasteiger partial charge on any atom is 0.169 e. The van der Waals surface area contributed by atoms with Crippen LogP contribution in [0.3, 0.4) is 0 Å². The monoisotopic (exact) mass is 290 g/mol. The van der Waals surface area contributed by atoms with Crippen LogP contribution in [0.2, 0.25) is 19.6 Å². The topological polar surface area (TPSA) is 17.8 Å². The molecule has 0 unspecified atom stereocenters. The molecule has 20 heavy (non-hydrogen) atoms. The molecule has 0 bridgehead atoms. The average molecular weight is 290 g/mol. The highest BCUT2D eigenvalue weighted by atomic mass is 28.3. The van der Waals surface area contributed by atoms with E-state index in [1.807, 2.05) is 24.2 Å². The fourth-order valence-electron chi connectivity index (χ4n) is 2.11. The summed E-state index contributed by atoms with van der Waals surface area (Å²) in [6.45, 7) is 6.11. The van der Waals surface area contributed by atoms with Crippen LogP contribution in [0.25, 0.3) is 11.0 Å². The Morgan fingerprint density at radius 2 is 2.00 bits per heavy atom. The van der Waals surface area contributed by atoms with Crippen LogP contribution < -0.4 is 0 Å². The van der Waals surface area contributed by atoms with Crippen LogP contribution in [0, 0.1) is 23.1 Å². The van der Waals surface area contributed by atoms with E-state index < -0.39 is 19.7 Å². The van der Waals surface area contributed by atoms with Crippen LogP contribution in [0.4, 0.5) is 8.78 Å². The predicted octanol–water partition coefficient (Wildman–Crippen LogP) is 3.88. The Labute approximate surface area is 117 Å². The number of nitrogens with zero attached hydrogens (tertiary/aromatic N) is 2. The van der Waals surface area contributed by atoms with E-state index in [4.69, 9.17) is 0 Å². The standard InChI is InChI=1S/C15H16F2N2Si/c1-20(2,3)7-6-11-12(16)8-13-15(14(11)17)18-9-19(13)10-4-5-10/h8-10H,4-5H2,1-3H3. The molecular weight excluding hydrogens is 274 g/mol. The maximum absolute atomic E-state index is 14.4. The maximum atomic E-state index is 14.4. The first-order chi connectivity index (χ1) is 9.37. The summed E-state index contributed by atoms with van der Waals surface area (Å²) in [6.07, 6.45) is 3.69. The number of hydrogen-bond acceptors (Lipinski definition) is 1. The molecular formula is C15H16F2N2Si. The molecule has 3 rings (SSSR count). The van der Waals surface area contributed by atoms with Crippen LogP contribution in [0.5, 0.6) is 0 Å². The zero-order valence-corrected chi connectivity index (χ0v) is 12.8. The van der Waals surface area contributed by atoms with Crippen LogP contribution in [0.15, 0.2) is 12.4 Å². The van der Waals surface area contributed by atoms with Gasteiger partial charge in [-0.15, -0.1) is 5.54 Å². The van der Waals surface area contributed by atoms with Crippen molar-refractivity contribution < 1.29 is 8.78 Å². The summed E-state index contributed by atoms with van der Waals surface area (Å²) < 4.78 is 30.4. The van der Waals surface area contributed by atoms with Crippen molar-refractivity contribution in [2.24, 2.45) is 0 Å². The third-order valence-corrected chi connectivity index (χ3v) is 4.14. The molecule has 0 atom stereocenters. The lowest BCUT2D eigenvalue weighted by molar-refractivity contribution is 0.584. The third kappa shape index (κ3) is 2.36. The average Bonchev–Trinajstić information content (AvgIpc) is 3.09. The second kappa shape index (κ2) is 4.42. The lowest BCUT2D eigenvalue weighted by Gasteiger charge is -2.05. The Hall–Kier alpha value is -1.67. The molecule has 1 saturated carbocycles. The number of halogens is 2. The van der Waals surface area contributed by atoms with Crippen molar-refractivity contribution in [1.29, 1.82) is 0 Å². The lowest BCUT2D eigenvalue weighted by Crippen LogP contribution is -2.16. The van der Waals surface area contributed by atoms with E-state index in [0.717, 1.165) is 12.8 Å². The number of imidazole rings is 1. The molecule has 5 heteroatoms. The number of rotatable bonds is 1. The van der Waals surface area contributed by atoms with Crippen molar-refractivity contribution in [2.75, 3.05) is 0 Å². The fourth-order valence-corrected chi connectivity index (χ4v) is 2.61. The summed E-state index contributed by atoms with van der Waals surface area (Å²) in [6, 6.07) is 1.70. The Morgan fingerprint density at radius 1 is 1.30 bits per heavy atom. The molecule has 104 valence electrons. The number of benzene rings is 1. The van der Waals surface area contributed by atoms with Crippen LogP contribution >= 0.6 is 0 Å². The van der Waals surface area contributed by atoms with Gasteiger partial charge in [0.15, 0.2) is 5.82 Å². The Morgan fingerprint density at radius 3 is 2.60 bits per heavy atom. The van der Waals surface area contributed by atoms with Gasteiger partial charge in [0.2, 0.25) is 0 Å². The summed E-state index contributed by atoms with van der Waals surface area (Å²) in [5.74, 6) is 1.45. The molecule has 0 spiro atoms. The highest BCUT2D eigenvalue weighted by Crippen LogP contribution is 2.37. The number of fused-ring (bicyclic) bond motifs is 1. The van der Waals surface area contributed by atoms with Crippen molar-refractivity contribution in [2.45, 2.75) is 38.5 Å². The van der Waals surface area contributed by atoms with Gasteiger partial charge >= 0.3 is 0 Å². The molecule has 0 aliphatic heterocycles. The van der Waals surface area contributed by atoms with E-state index >= 15 is 0 Å². The van der Waals surface area contributed by atoms with Gasteiger partial charge in [0, 0.05) is 12.1 Å². The SMILES string of the molecule is C[Si](C)(C)C#Cc1c(F)cc2c(ncn2C2CC2)c1F. The fraction of sp³-hybridized carbons (Fsp3) is 0.400. The molecule has 0 N–H and O–H groups in total. The molecule has 2 aromatic rings. The first-order valence-electron chi connectivity index (χ1n) is 6.74. The first kappa shape index (κ1) is 13.3. The number of aromatic nitrogens is 2. The Balaban J connectivity index is 2.16. The highest BCUT2D eigenvalue weighted by molar-refractivity contribution is 6.83. The molecule has 1 aliphatic carbocycles. The number of hydrogen-bond donors (Lipinski definition) is 0. The van der Waals surface area contributed by atoms with Gasteiger partial charge in [0.25, 0.3) is 0 Å². The molecule has 1 aliphatic rings. The van der Waals surface area contributed by atoms with Crippen molar-refractivity contribution in [3.05, 3.63) is 29.6 Å². The summed E-state index contributed by atoms with van der Waals surface area (Å²) in [4.78, 5) is 4.09. The van der Waals surface area contributed by atoms with Crippen molar-refractivity contribution in [1.82, 2.24) is 9.55 Å². The van der Waals surface area contributed by atoms with Gasteiger partial charge in [-0.25, -0.2) is 13.8 Å². The predicted molar refractivity (Wildman–Crippen MR) is 78.1 cm³/mol. The van der Waals surface area contributed by atoms with E-state index in [9.17, 15) is 8.78 Å². The molecule has 0 radical (unpaired) electrons. The van der Waals surface area contributed by atoms with Crippen LogP contribution in [-0.4, -0.2) is 17.6 Å². The largest absolute Gasteiger partial charge is 0.327 e. The Bertz CT molecular complexity index is 743. The van der Waals surface area contributed by atoms with E-state index in [1.165, 1.54) is 6.07 Å². The van der Waals surface area contributed by atoms with Gasteiger partial charge in [-0.1, -0.05) is 25.6 Å². The Kier molecular flexibility index (Phi) is 2.94. The molecule has 1 heterocycles. The van der Waals surface area contributed by atoms with Crippen molar-refractivity contribution >= 4 is 19.1 Å². The third-order valence-electron chi connectivity index (χ3n) is 3.26. The molecule has 1 aromatic heterocycles. The van der Waals surface area contributed by atoms with Gasteiger partial charge in [0.1, 0.15) is 19.4 Å². The van der Waals surface area contributed by atoms with Gasteiger partial charge < -0.3 is 4.57 Å². The van der Waals surface area contributed by atoms with E-state index in [-0.39, 0.29) is 11.1 Å². The smallest absolute Gasteiger partial charge is 0.169 e. The van der Waals surface area contributed by atoms with Crippen LogP contribution in [-0.2, 0) is 0 Å². The second-order valence-corrected chi connectivity index (χ2v) is 11.0. The minimum absolute atomic E-state index is 0.152. The van der Waals surface area contributed by atoms with Crippen molar-refractivity contribution in [3.8, 4) is 11.5 Å². The highest BCUT2D eigenvalue weighted by Gasteiger charge is 2.27. The normalized spacial score (nSPS) is 15.2. The second-order valence-electron chi connectivity index (χ2n) is 6.30. The summed E-state index contributed by atoms with van der Waals surface area (Å²) in [5.41, 5.74) is 3.60. The molecule has 1 aromatic carbocycles. The zero-order valence-electron chi connectivity index (χ0n) is 11.8. The summed E-state index contributed by atoms with van der Waals surface area (Å²) in [7, 11) is -1.68. The minimum Gasteiger partial charge on any atom is -0.327 e. The van der Waals surface area contributed by atoms with Gasteiger partial charge in [-0.05, 0) is 12.8 Å². The lowest BCUT2D eigenvalue weighted by atomic mass is 10.1. The molecule has 2 nitrogen and oxygen atoms in total. The summed E-state index contributed by atoms with van der Waals surface area (Å²) in [5, 5.41) is 0. The quantitative estimate of drug-likeness (QED) is 0.576. The molecule has 0 saturated heterocycles. The summed E-state index contributed by atoms with van der Waals surface area (Å²) >= 11 is 0. The van der Waals surface area contributed by atoms with E-state index in [1.54, 1.807) is 6.33 Å². The van der Waals surface area contributed by atoms with E-state index in [0.29, 0.717) is 11.6 Å². The van der Waals surface area contributed by atoms with Crippen molar-refractivity contribution in [3.63, 3.8) is 0 Å². The van der Waals surface area contributed by atoms with Gasteiger partial charge in [-0.3, -0.25) is 0 Å². The van der Waals surface area contributed by atoms with Gasteiger partial charge in [-0.2, -0.15) is 0 Å². The zero-order chi connectivity index (χ0) is 14.5. The van der Waals surface area contributed by atoms with Gasteiger partial charge in [0.05, 0.1) is 17.4 Å². The minimum atomic E-state index is -1.68.